The van der Waals surface area contributed by atoms with Crippen LogP contribution >= 0.6 is 23.5 Å². The first-order valence-corrected chi connectivity index (χ1v) is 21.6. The number of nitrogens with zero attached hydrogens (tertiary/aromatic N) is 4. The minimum Gasteiger partial charge on any atom is -0.453 e. The van der Waals surface area contributed by atoms with Gasteiger partial charge in [-0.3, -0.25) is 9.59 Å². The maximum Gasteiger partial charge on any atom is 0.407 e. The van der Waals surface area contributed by atoms with Crippen LogP contribution in [0.3, 0.4) is 0 Å². The van der Waals surface area contributed by atoms with Gasteiger partial charge in [-0.2, -0.15) is 0 Å². The minimum absolute atomic E-state index is 0.0263. The lowest BCUT2D eigenvalue weighted by molar-refractivity contribution is -0.136. The van der Waals surface area contributed by atoms with Crippen LogP contribution in [0.25, 0.3) is 16.2 Å². The molecule has 0 saturated carbocycles. The van der Waals surface area contributed by atoms with E-state index in [0.29, 0.717) is 23.6 Å². The van der Waals surface area contributed by atoms with Crippen molar-refractivity contribution < 1.29 is 28.7 Å². The number of benzene rings is 1. The number of H-pyrrole nitrogens is 1. The van der Waals surface area contributed by atoms with Crippen LogP contribution < -0.4 is 16.0 Å². The highest BCUT2D eigenvalue weighted by Gasteiger charge is 2.44. The van der Waals surface area contributed by atoms with E-state index in [-0.39, 0.29) is 41.9 Å². The smallest absolute Gasteiger partial charge is 0.407 e. The van der Waals surface area contributed by atoms with Crippen molar-refractivity contribution in [2.75, 3.05) is 34.4 Å². The van der Waals surface area contributed by atoms with Gasteiger partial charge in [-0.05, 0) is 48.6 Å². The fourth-order valence-electron chi connectivity index (χ4n) is 8.40. The number of imidazole rings is 1. The number of nitrogens with one attached hydrogen (secondary N) is 4. The molecular formula is C41H54N8O6S2. The third-order valence-electron chi connectivity index (χ3n) is 11.5. The molecular weight excluding hydrogens is 765 g/mol. The van der Waals surface area contributed by atoms with E-state index in [2.05, 4.69) is 75.5 Å². The van der Waals surface area contributed by atoms with Crippen molar-refractivity contribution in [2.45, 2.75) is 94.2 Å². The highest BCUT2D eigenvalue weighted by molar-refractivity contribution is 8.12. The molecule has 6 heterocycles. The minimum atomic E-state index is -0.678. The lowest BCUT2D eigenvalue weighted by atomic mass is 10.0. The van der Waals surface area contributed by atoms with Crippen LogP contribution in [0.15, 0.2) is 59.4 Å². The SMILES string of the molecule is COC(=O)N[C@H](C(=O)N1CCC[C@H]1c1ncc(-c2ccc(C3=CC4SC(C5=CN(C)C([C@@H]6CCCN6C(=O)[C@@H](NC(=O)OC)C(C)C)N5)=CC4S3)cc2)[nH]1)C(C)C. The van der Waals surface area contributed by atoms with Crippen LogP contribution in [0.5, 0.6) is 0 Å². The van der Waals surface area contributed by atoms with Crippen molar-refractivity contribution in [3.63, 3.8) is 0 Å². The number of methoxy groups -OCH3 is 2. The molecule has 0 radical (unpaired) electrons. The second kappa shape index (κ2) is 17.1. The third-order valence-corrected chi connectivity index (χ3v) is 14.3. The van der Waals surface area contributed by atoms with Crippen molar-refractivity contribution in [2.24, 2.45) is 11.8 Å². The fourth-order valence-corrected chi connectivity index (χ4v) is 11.3. The maximum absolute atomic E-state index is 13.7. The number of ether oxygens (including phenoxy) is 2. The molecule has 16 heteroatoms. The maximum atomic E-state index is 13.7. The van der Waals surface area contributed by atoms with Crippen molar-refractivity contribution in [1.29, 1.82) is 0 Å². The molecule has 7 atom stereocenters. The van der Waals surface area contributed by atoms with E-state index in [4.69, 9.17) is 14.5 Å². The summed E-state index contributed by atoms with van der Waals surface area (Å²) in [6.45, 7) is 8.95. The average Bonchev–Trinajstić information content (AvgIpc) is 4.05. The average molecular weight is 819 g/mol. The highest BCUT2D eigenvalue weighted by Crippen LogP contribution is 2.52. The Hall–Kier alpha value is -4.57. The number of carbonyl (C=O) groups is 4. The molecule has 1 aromatic heterocycles. The zero-order chi connectivity index (χ0) is 40.5. The van der Waals surface area contributed by atoms with Crippen molar-refractivity contribution in [1.82, 2.24) is 40.6 Å². The van der Waals surface area contributed by atoms with Crippen LogP contribution in [0.4, 0.5) is 9.59 Å². The number of aromatic amines is 1. The lowest BCUT2D eigenvalue weighted by Crippen LogP contribution is -2.57. The first-order valence-electron chi connectivity index (χ1n) is 19.8. The zero-order valence-electron chi connectivity index (χ0n) is 33.6. The standard InChI is InChI=1S/C41H54N8O6S2/c1-22(2)34(45-40(52)54-6)38(50)48-16-8-10-28(48)36-42-20-26(43-36)24-12-14-25(15-13-24)30-18-32-33(56-30)19-31(57-32)27-21-47(5)37(44-27)29-11-9-17-49(29)39(51)35(23(3)4)46-41(53)55-7/h12-15,18-23,28-29,32-35,37,44H,8-11,16-17H2,1-7H3,(H,42,43)(H,45,52)(H,46,53)/t28-,29-,32?,33?,34-,35-,37?/m0/s1. The molecule has 2 saturated heterocycles. The van der Waals surface area contributed by atoms with Gasteiger partial charge >= 0.3 is 12.2 Å². The summed E-state index contributed by atoms with van der Waals surface area (Å²) in [5.74, 6) is 0.374. The van der Waals surface area contributed by atoms with Gasteiger partial charge in [-0.1, -0.05) is 64.1 Å². The number of amides is 4. The van der Waals surface area contributed by atoms with Crippen LogP contribution in [0.1, 0.15) is 70.8 Å². The molecule has 7 rings (SSSR count). The van der Waals surface area contributed by atoms with Gasteiger partial charge in [0, 0.05) is 46.6 Å². The van der Waals surface area contributed by atoms with Crippen LogP contribution in [0.2, 0.25) is 0 Å². The first-order chi connectivity index (χ1) is 27.4. The van der Waals surface area contributed by atoms with E-state index in [1.54, 1.807) is 0 Å². The molecule has 5 aliphatic heterocycles. The molecule has 5 aliphatic rings. The number of thioether (sulfide) groups is 2. The van der Waals surface area contributed by atoms with E-state index >= 15 is 0 Å². The number of aromatic nitrogens is 2. The zero-order valence-corrected chi connectivity index (χ0v) is 35.2. The summed E-state index contributed by atoms with van der Waals surface area (Å²) in [7, 11) is 4.66. The monoisotopic (exact) mass is 818 g/mol. The van der Waals surface area contributed by atoms with Crippen LogP contribution in [-0.4, -0.2) is 118 Å². The van der Waals surface area contributed by atoms with Gasteiger partial charge in [-0.15, -0.1) is 23.5 Å². The van der Waals surface area contributed by atoms with Crippen molar-refractivity contribution in [3.8, 4) is 11.3 Å². The summed E-state index contributed by atoms with van der Waals surface area (Å²) in [4.78, 5) is 67.8. The number of hydrogen-bond donors (Lipinski definition) is 4. The van der Waals surface area contributed by atoms with Gasteiger partial charge in [0.2, 0.25) is 11.8 Å². The normalized spacial score (nSPS) is 25.2. The van der Waals surface area contributed by atoms with Gasteiger partial charge in [-0.25, -0.2) is 14.6 Å². The third kappa shape index (κ3) is 8.38. The summed E-state index contributed by atoms with van der Waals surface area (Å²) in [5.41, 5.74) is 4.15. The molecule has 4 N–H and O–H groups in total. The fraction of sp³-hybridized carbons (Fsp3) is 0.537. The summed E-state index contributed by atoms with van der Waals surface area (Å²) in [6.07, 6.45) is 10.9. The molecule has 0 bridgehead atoms. The van der Waals surface area contributed by atoms with E-state index in [1.165, 1.54) is 29.6 Å². The number of likely N-dealkylation sites (N-methyl/N-ethyl adjacent to an activating group) is 1. The Morgan fingerprint density at radius 1 is 0.807 bits per heavy atom. The van der Waals surface area contributed by atoms with Gasteiger partial charge in [0.1, 0.15) is 24.1 Å². The molecule has 4 amide bonds. The van der Waals surface area contributed by atoms with E-state index in [0.717, 1.165) is 48.5 Å². The topological polar surface area (TPSA) is 161 Å². The molecule has 3 unspecified atom stereocenters. The van der Waals surface area contributed by atoms with E-state index < -0.39 is 24.3 Å². The van der Waals surface area contributed by atoms with Gasteiger partial charge in [0.05, 0.1) is 43.9 Å². The predicted octanol–water partition coefficient (Wildman–Crippen LogP) is 5.65. The number of alkyl carbamates (subject to hydrolysis) is 2. The van der Waals surface area contributed by atoms with Gasteiger partial charge < -0.3 is 45.1 Å². The second-order valence-corrected chi connectivity index (χ2v) is 18.4. The molecule has 2 aromatic rings. The van der Waals surface area contributed by atoms with Gasteiger partial charge in [0.15, 0.2) is 0 Å². The summed E-state index contributed by atoms with van der Waals surface area (Å²) >= 11 is 3.75. The number of rotatable bonds is 11. The number of carbonyl (C=O) groups excluding carboxylic acids is 4. The molecule has 1 aromatic carbocycles. The number of likely N-dealkylation sites (tertiary alicyclic amines) is 2. The molecule has 306 valence electrons. The Kier molecular flexibility index (Phi) is 12.2. The molecule has 0 aliphatic carbocycles. The second-order valence-electron chi connectivity index (χ2n) is 15.9. The van der Waals surface area contributed by atoms with E-state index in [1.807, 2.05) is 67.2 Å². The molecule has 57 heavy (non-hydrogen) atoms. The van der Waals surface area contributed by atoms with Crippen LogP contribution in [0, 0.1) is 11.8 Å². The Morgan fingerprint density at radius 3 is 2.00 bits per heavy atom. The summed E-state index contributed by atoms with van der Waals surface area (Å²) < 4.78 is 9.57. The highest BCUT2D eigenvalue weighted by atomic mass is 32.2. The van der Waals surface area contributed by atoms with Gasteiger partial charge in [0.25, 0.3) is 0 Å². The van der Waals surface area contributed by atoms with E-state index in [9.17, 15) is 19.2 Å². The van der Waals surface area contributed by atoms with Crippen molar-refractivity contribution >= 4 is 52.4 Å². The molecule has 0 spiro atoms. The Balaban J connectivity index is 0.953. The first kappa shape index (κ1) is 40.6. The Morgan fingerprint density at radius 2 is 1.37 bits per heavy atom. The summed E-state index contributed by atoms with van der Waals surface area (Å²) in [6, 6.07) is 6.99. The van der Waals surface area contributed by atoms with Crippen molar-refractivity contribution in [3.05, 3.63) is 70.8 Å². The lowest BCUT2D eigenvalue weighted by Gasteiger charge is -2.36. The Labute approximate surface area is 343 Å². The van der Waals surface area contributed by atoms with Crippen LogP contribution in [-0.2, 0) is 19.1 Å². The largest absolute Gasteiger partial charge is 0.453 e. The number of hydrogen-bond acceptors (Lipinski definition) is 11. The Bertz CT molecular complexity index is 1950. The quantitative estimate of drug-likeness (QED) is 0.222. The number of fused-ring (bicyclic) bond motifs is 1. The predicted molar refractivity (Wildman–Crippen MR) is 222 cm³/mol. The molecule has 14 nitrogen and oxygen atoms in total. The summed E-state index contributed by atoms with van der Waals surface area (Å²) in [5, 5.41) is 9.83. The molecule has 2 fully saturated rings.